The zero-order valence-electron chi connectivity index (χ0n) is 15.0. The van der Waals surface area contributed by atoms with Crippen LogP contribution in [0.5, 0.6) is 0 Å². The van der Waals surface area contributed by atoms with Crippen molar-refractivity contribution >= 4 is 29.2 Å². The third-order valence-electron chi connectivity index (χ3n) is 4.61. The van der Waals surface area contributed by atoms with E-state index in [0.717, 1.165) is 40.9 Å². The molecule has 0 spiro atoms. The highest BCUT2D eigenvalue weighted by molar-refractivity contribution is 6.30. The maximum Gasteiger partial charge on any atom is 0.359 e. The van der Waals surface area contributed by atoms with Gasteiger partial charge in [0.15, 0.2) is 5.69 Å². The first kappa shape index (κ1) is 17.6. The van der Waals surface area contributed by atoms with Crippen LogP contribution in [0.4, 0.5) is 0 Å². The lowest BCUT2D eigenvalue weighted by atomic mass is 10.1. The Morgan fingerprint density at radius 1 is 1.15 bits per heavy atom. The van der Waals surface area contributed by atoms with Crippen LogP contribution < -0.4 is 0 Å². The molecule has 0 saturated heterocycles. The van der Waals surface area contributed by atoms with E-state index < -0.39 is 0 Å². The van der Waals surface area contributed by atoms with Gasteiger partial charge in [-0.1, -0.05) is 41.9 Å². The summed E-state index contributed by atoms with van der Waals surface area (Å²) in [5, 5.41) is 5.32. The van der Waals surface area contributed by atoms with Crippen LogP contribution in [0.3, 0.4) is 0 Å². The molecule has 0 unspecified atom stereocenters. The summed E-state index contributed by atoms with van der Waals surface area (Å²) in [6, 6.07) is 17.6. The quantitative estimate of drug-likeness (QED) is 0.587. The van der Waals surface area contributed by atoms with E-state index in [1.165, 1.54) is 0 Å². The molecule has 0 amide bonds. The topological polar surface area (TPSA) is 44.1 Å². The molecule has 4 rings (SSSR count). The summed E-state index contributed by atoms with van der Waals surface area (Å²) in [7, 11) is 0. The lowest BCUT2D eigenvalue weighted by molar-refractivity contribution is 0.0517. The zero-order chi connectivity index (χ0) is 18.8. The predicted molar refractivity (Wildman–Crippen MR) is 107 cm³/mol. The van der Waals surface area contributed by atoms with Crippen molar-refractivity contribution in [2.24, 2.45) is 0 Å². The molecule has 2 aromatic carbocycles. The van der Waals surface area contributed by atoms with Gasteiger partial charge >= 0.3 is 5.97 Å². The van der Waals surface area contributed by atoms with Gasteiger partial charge in [0.25, 0.3) is 0 Å². The summed E-state index contributed by atoms with van der Waals surface area (Å²) in [6.07, 6.45) is 3.77. The molecular weight excluding hydrogens is 360 g/mol. The van der Waals surface area contributed by atoms with Crippen LogP contribution in [0, 0.1) is 0 Å². The van der Waals surface area contributed by atoms with Crippen LogP contribution in [0.15, 0.2) is 54.6 Å². The predicted octanol–water partition coefficient (Wildman–Crippen LogP) is 5.19. The number of halogens is 1. The Labute approximate surface area is 163 Å². The molecule has 0 atom stereocenters. The summed E-state index contributed by atoms with van der Waals surface area (Å²) >= 11 is 6.00. The van der Waals surface area contributed by atoms with E-state index in [-0.39, 0.29) is 5.97 Å². The van der Waals surface area contributed by atoms with E-state index in [1.54, 1.807) is 6.92 Å². The number of fused-ring (bicyclic) bond motifs is 1. The number of hydrogen-bond donors (Lipinski definition) is 0. The van der Waals surface area contributed by atoms with E-state index in [1.807, 2.05) is 59.3 Å². The number of rotatable bonds is 4. The number of esters is 1. The molecule has 0 saturated carbocycles. The Morgan fingerprint density at radius 3 is 2.59 bits per heavy atom. The minimum Gasteiger partial charge on any atom is -0.461 e. The Balaban J connectivity index is 1.85. The van der Waals surface area contributed by atoms with Crippen LogP contribution in [-0.2, 0) is 11.2 Å². The Kier molecular flexibility index (Phi) is 4.82. The largest absolute Gasteiger partial charge is 0.461 e. The number of para-hydroxylation sites is 1. The van der Waals surface area contributed by atoms with Crippen molar-refractivity contribution in [1.29, 1.82) is 0 Å². The van der Waals surface area contributed by atoms with Gasteiger partial charge in [-0.2, -0.15) is 5.10 Å². The molecule has 1 heterocycles. The van der Waals surface area contributed by atoms with Crippen LogP contribution in [-0.4, -0.2) is 22.4 Å². The van der Waals surface area contributed by atoms with Crippen LogP contribution in [0.2, 0.25) is 5.02 Å². The third kappa shape index (κ3) is 3.40. The van der Waals surface area contributed by atoms with Crippen LogP contribution in [0.25, 0.3) is 17.3 Å². The van der Waals surface area contributed by atoms with Gasteiger partial charge in [0.2, 0.25) is 0 Å². The SMILES string of the molecule is CCOC(=O)c1nn(-c2ccccc2)c2c1CC/C2=C/c1ccc(Cl)cc1. The van der Waals surface area contributed by atoms with Gasteiger partial charge in [-0.05, 0) is 61.2 Å². The van der Waals surface area contributed by atoms with Gasteiger partial charge in [0.1, 0.15) is 0 Å². The molecule has 136 valence electrons. The summed E-state index contributed by atoms with van der Waals surface area (Å²) in [6.45, 7) is 2.14. The summed E-state index contributed by atoms with van der Waals surface area (Å²) in [5.74, 6) is -0.365. The van der Waals surface area contributed by atoms with Gasteiger partial charge in [-0.3, -0.25) is 0 Å². The molecule has 4 nitrogen and oxygen atoms in total. The van der Waals surface area contributed by atoms with Crippen molar-refractivity contribution < 1.29 is 9.53 Å². The fourth-order valence-electron chi connectivity index (χ4n) is 3.42. The van der Waals surface area contributed by atoms with Gasteiger partial charge in [0.05, 0.1) is 18.0 Å². The fraction of sp³-hybridized carbons (Fsp3) is 0.182. The van der Waals surface area contributed by atoms with E-state index in [2.05, 4.69) is 11.2 Å². The van der Waals surface area contributed by atoms with Crippen LogP contribution >= 0.6 is 11.6 Å². The van der Waals surface area contributed by atoms with Crippen molar-refractivity contribution in [2.45, 2.75) is 19.8 Å². The molecule has 0 radical (unpaired) electrons. The van der Waals surface area contributed by atoms with E-state index in [4.69, 9.17) is 16.3 Å². The molecule has 1 aromatic heterocycles. The molecule has 1 aliphatic rings. The highest BCUT2D eigenvalue weighted by atomic mass is 35.5. The molecule has 1 aliphatic carbocycles. The number of ether oxygens (including phenoxy) is 1. The molecule has 0 N–H and O–H groups in total. The first-order valence-electron chi connectivity index (χ1n) is 8.98. The zero-order valence-corrected chi connectivity index (χ0v) is 15.7. The summed E-state index contributed by atoms with van der Waals surface area (Å²) < 4.78 is 7.08. The first-order valence-corrected chi connectivity index (χ1v) is 9.36. The lowest BCUT2D eigenvalue weighted by Crippen LogP contribution is -2.09. The van der Waals surface area contributed by atoms with Crippen molar-refractivity contribution in [3.8, 4) is 5.69 Å². The lowest BCUT2D eigenvalue weighted by Gasteiger charge is -2.08. The second-order valence-corrected chi connectivity index (χ2v) is 6.80. The van der Waals surface area contributed by atoms with Crippen molar-refractivity contribution in [3.05, 3.63) is 82.1 Å². The second-order valence-electron chi connectivity index (χ2n) is 6.36. The van der Waals surface area contributed by atoms with Crippen molar-refractivity contribution in [3.63, 3.8) is 0 Å². The molecular formula is C22H19ClN2O2. The third-order valence-corrected chi connectivity index (χ3v) is 4.86. The number of allylic oxidation sites excluding steroid dienone is 1. The molecule has 5 heteroatoms. The molecule has 27 heavy (non-hydrogen) atoms. The summed E-state index contributed by atoms with van der Waals surface area (Å²) in [5.41, 5.74) is 5.50. The van der Waals surface area contributed by atoms with E-state index >= 15 is 0 Å². The average Bonchev–Trinajstić information content (AvgIpc) is 3.26. The smallest absolute Gasteiger partial charge is 0.359 e. The number of carbonyl (C=O) groups excluding carboxylic acids is 1. The number of nitrogens with zero attached hydrogens (tertiary/aromatic N) is 2. The second kappa shape index (κ2) is 7.41. The molecule has 0 bridgehead atoms. The molecule has 0 aliphatic heterocycles. The number of aromatic nitrogens is 2. The van der Waals surface area contributed by atoms with Crippen LogP contribution in [0.1, 0.15) is 40.7 Å². The number of benzene rings is 2. The van der Waals surface area contributed by atoms with Crippen molar-refractivity contribution in [1.82, 2.24) is 9.78 Å². The highest BCUT2D eigenvalue weighted by Crippen LogP contribution is 2.37. The highest BCUT2D eigenvalue weighted by Gasteiger charge is 2.30. The number of carbonyl (C=O) groups is 1. The summed E-state index contributed by atoms with van der Waals surface area (Å²) in [4.78, 5) is 12.4. The van der Waals surface area contributed by atoms with Crippen molar-refractivity contribution in [2.75, 3.05) is 6.61 Å². The Hall–Kier alpha value is -2.85. The first-order chi connectivity index (χ1) is 13.2. The van der Waals surface area contributed by atoms with Gasteiger partial charge in [-0.15, -0.1) is 0 Å². The fourth-order valence-corrected chi connectivity index (χ4v) is 3.54. The van der Waals surface area contributed by atoms with Gasteiger partial charge < -0.3 is 4.74 Å². The monoisotopic (exact) mass is 378 g/mol. The van der Waals surface area contributed by atoms with Gasteiger partial charge in [-0.25, -0.2) is 9.48 Å². The molecule has 0 fully saturated rings. The Morgan fingerprint density at radius 2 is 1.89 bits per heavy atom. The van der Waals surface area contributed by atoms with Gasteiger partial charge in [0, 0.05) is 10.6 Å². The minimum absolute atomic E-state index is 0.333. The van der Waals surface area contributed by atoms with E-state index in [0.29, 0.717) is 17.3 Å². The normalized spacial score (nSPS) is 14.4. The standard InChI is InChI=1S/C22H19ClN2O2/c1-2-27-22(26)20-19-13-10-16(14-15-8-11-17(23)12-9-15)21(19)25(24-20)18-6-4-3-5-7-18/h3-9,11-12,14H,2,10,13H2,1H3/b16-14-. The Bertz CT molecular complexity index is 1000. The number of hydrogen-bond acceptors (Lipinski definition) is 3. The maximum absolute atomic E-state index is 12.4. The molecule has 3 aromatic rings. The minimum atomic E-state index is -0.365. The maximum atomic E-state index is 12.4. The average molecular weight is 379 g/mol. The van der Waals surface area contributed by atoms with E-state index in [9.17, 15) is 4.79 Å².